The Morgan fingerprint density at radius 1 is 1.05 bits per heavy atom. The zero-order valence-corrected chi connectivity index (χ0v) is 24.9. The number of allylic oxidation sites excluding steroid dienone is 2. The zero-order valence-electron chi connectivity index (χ0n) is 24.1. The lowest BCUT2D eigenvalue weighted by Gasteiger charge is -2.33. The van der Waals surface area contributed by atoms with Gasteiger partial charge in [-0.15, -0.1) is 11.8 Å². The maximum Gasteiger partial charge on any atom is 0.238 e. The van der Waals surface area contributed by atoms with Gasteiger partial charge in [0.15, 0.2) is 0 Å². The van der Waals surface area contributed by atoms with E-state index < -0.39 is 0 Å². The number of rotatable bonds is 7. The van der Waals surface area contributed by atoms with Gasteiger partial charge in [-0.25, -0.2) is 9.97 Å². The van der Waals surface area contributed by atoms with Gasteiger partial charge in [0, 0.05) is 41.9 Å². The second-order valence-electron chi connectivity index (χ2n) is 11.6. The van der Waals surface area contributed by atoms with Crippen molar-refractivity contribution in [1.82, 2.24) is 14.9 Å². The van der Waals surface area contributed by atoms with Crippen LogP contribution in [-0.4, -0.2) is 39.1 Å². The van der Waals surface area contributed by atoms with Crippen LogP contribution in [0, 0.1) is 12.8 Å². The Morgan fingerprint density at radius 2 is 1.83 bits per heavy atom. The summed E-state index contributed by atoms with van der Waals surface area (Å²) in [4.78, 5) is 26.3. The minimum atomic E-state index is -0.0249. The molecule has 2 aromatic carbocycles. The summed E-state index contributed by atoms with van der Waals surface area (Å²) in [6, 6.07) is 16.2. The van der Waals surface area contributed by atoms with Crippen molar-refractivity contribution >= 4 is 40.7 Å². The van der Waals surface area contributed by atoms with Gasteiger partial charge >= 0.3 is 0 Å². The second kappa shape index (κ2) is 12.1. The summed E-state index contributed by atoms with van der Waals surface area (Å²) in [6.45, 7) is 10.9. The molecule has 6 nitrogen and oxygen atoms in total. The van der Waals surface area contributed by atoms with Crippen molar-refractivity contribution in [2.75, 3.05) is 23.7 Å². The van der Waals surface area contributed by atoms with E-state index in [1.807, 2.05) is 31.2 Å². The number of carbonyl (C=O) groups excluding carboxylic acids is 1. The SMILES string of the molecule is C=C(c1ccc(Nc2nccc(-c3cccc(NC(=O)C4CC5=C(CCCC5)S4)c3C)n2)cc1)N1CCC(C)CC1. The zero-order chi connectivity index (χ0) is 28.3. The van der Waals surface area contributed by atoms with Crippen LogP contribution in [0.4, 0.5) is 17.3 Å². The first-order valence-corrected chi connectivity index (χ1v) is 15.8. The lowest BCUT2D eigenvalue weighted by atomic mass is 9.96. The van der Waals surface area contributed by atoms with Crippen LogP contribution in [0.3, 0.4) is 0 Å². The summed E-state index contributed by atoms with van der Waals surface area (Å²) in [7, 11) is 0. The standard InChI is InChI=1S/C34H39N5OS/c1-22-16-19-39(20-17-22)24(3)25-11-13-27(14-12-25)36-34-35-18-15-30(38-34)28-8-6-9-29(23(28)2)37-33(40)32-21-26-7-4-5-10-31(26)41-32/h6,8-9,11-15,18,22,32H,3-5,7,10,16-17,19-21H2,1-2H3,(H,37,40)(H,35,36,38). The first kappa shape index (κ1) is 27.6. The Morgan fingerprint density at radius 3 is 2.61 bits per heavy atom. The van der Waals surface area contributed by atoms with Crippen molar-refractivity contribution in [2.45, 2.75) is 64.0 Å². The van der Waals surface area contributed by atoms with Crippen molar-refractivity contribution in [3.63, 3.8) is 0 Å². The summed E-state index contributed by atoms with van der Waals surface area (Å²) >= 11 is 1.77. The molecule has 2 aliphatic heterocycles. The summed E-state index contributed by atoms with van der Waals surface area (Å²) < 4.78 is 0. The Balaban J connectivity index is 1.12. The molecule has 3 heterocycles. The number of piperidine rings is 1. The number of nitrogens with zero attached hydrogens (tertiary/aromatic N) is 3. The normalized spacial score (nSPS) is 19.2. The number of thioether (sulfide) groups is 1. The fourth-order valence-electron chi connectivity index (χ4n) is 6.05. The quantitative estimate of drug-likeness (QED) is 0.301. The van der Waals surface area contributed by atoms with E-state index >= 15 is 0 Å². The van der Waals surface area contributed by atoms with Gasteiger partial charge in [-0.1, -0.05) is 43.3 Å². The maximum atomic E-state index is 13.2. The second-order valence-corrected chi connectivity index (χ2v) is 12.9. The Hall–Kier alpha value is -3.58. The molecule has 0 spiro atoms. The van der Waals surface area contributed by atoms with Crippen molar-refractivity contribution in [2.24, 2.45) is 5.92 Å². The van der Waals surface area contributed by atoms with Crippen LogP contribution in [0.5, 0.6) is 0 Å². The molecule has 1 aromatic heterocycles. The number of hydrogen-bond donors (Lipinski definition) is 2. The Bertz CT molecular complexity index is 1450. The van der Waals surface area contributed by atoms with E-state index in [1.54, 1.807) is 18.0 Å². The van der Waals surface area contributed by atoms with Gasteiger partial charge in [0.05, 0.1) is 10.9 Å². The van der Waals surface area contributed by atoms with Crippen molar-refractivity contribution in [3.05, 3.63) is 82.9 Å². The first-order valence-electron chi connectivity index (χ1n) is 14.9. The Labute approximate surface area is 247 Å². The fraction of sp³-hybridized carbons (Fsp3) is 0.382. The number of likely N-dealkylation sites (tertiary alicyclic amines) is 1. The summed E-state index contributed by atoms with van der Waals surface area (Å²) in [6.07, 6.45) is 9.90. The molecular formula is C34H39N5OS. The van der Waals surface area contributed by atoms with Crippen LogP contribution in [0.25, 0.3) is 17.0 Å². The van der Waals surface area contributed by atoms with Gasteiger partial charge in [0.2, 0.25) is 11.9 Å². The van der Waals surface area contributed by atoms with Crippen molar-refractivity contribution in [3.8, 4) is 11.3 Å². The number of amides is 1. The molecule has 1 aliphatic carbocycles. The number of benzene rings is 2. The summed E-state index contributed by atoms with van der Waals surface area (Å²) in [5.74, 6) is 1.42. The van der Waals surface area contributed by atoms with Crippen molar-refractivity contribution < 1.29 is 4.79 Å². The minimum absolute atomic E-state index is 0.0249. The van der Waals surface area contributed by atoms with Crippen LogP contribution in [-0.2, 0) is 4.79 Å². The highest BCUT2D eigenvalue weighted by molar-refractivity contribution is 8.04. The molecule has 212 valence electrons. The van der Waals surface area contributed by atoms with E-state index in [-0.39, 0.29) is 11.2 Å². The van der Waals surface area contributed by atoms with Gasteiger partial charge in [-0.2, -0.15) is 0 Å². The smallest absolute Gasteiger partial charge is 0.238 e. The number of aromatic nitrogens is 2. The fourth-order valence-corrected chi connectivity index (χ4v) is 7.46. The van der Waals surface area contributed by atoms with E-state index in [4.69, 9.17) is 4.98 Å². The lowest BCUT2D eigenvalue weighted by Crippen LogP contribution is -2.31. The molecule has 0 saturated carbocycles. The number of anilines is 3. The predicted octanol–water partition coefficient (Wildman–Crippen LogP) is 8.17. The van der Waals surface area contributed by atoms with Gasteiger partial charge < -0.3 is 15.5 Å². The molecule has 1 amide bonds. The molecule has 0 radical (unpaired) electrons. The average Bonchev–Trinajstić information content (AvgIpc) is 3.44. The number of carbonyl (C=O) groups is 1. The summed E-state index contributed by atoms with van der Waals surface area (Å²) in [5.41, 5.74) is 8.29. The van der Waals surface area contributed by atoms with Crippen LogP contribution >= 0.6 is 11.8 Å². The number of hydrogen-bond acceptors (Lipinski definition) is 6. The van der Waals surface area contributed by atoms with Crippen LogP contribution in [0.15, 0.2) is 71.8 Å². The monoisotopic (exact) mass is 565 g/mol. The first-order chi connectivity index (χ1) is 19.9. The largest absolute Gasteiger partial charge is 0.372 e. The van der Waals surface area contributed by atoms with E-state index in [0.717, 1.165) is 77.7 Å². The molecular weight excluding hydrogens is 526 g/mol. The third kappa shape index (κ3) is 6.20. The minimum Gasteiger partial charge on any atom is -0.372 e. The van der Waals surface area contributed by atoms with Gasteiger partial charge in [-0.05, 0) is 98.1 Å². The van der Waals surface area contributed by atoms with Gasteiger partial charge in [-0.3, -0.25) is 4.79 Å². The summed E-state index contributed by atoms with van der Waals surface area (Å²) in [5, 5.41) is 6.54. The Kier molecular flexibility index (Phi) is 8.15. The predicted molar refractivity (Wildman–Crippen MR) is 171 cm³/mol. The highest BCUT2D eigenvalue weighted by Crippen LogP contribution is 2.45. The number of nitrogens with one attached hydrogen (secondary N) is 2. The molecule has 41 heavy (non-hydrogen) atoms. The maximum absolute atomic E-state index is 13.2. The molecule has 1 saturated heterocycles. The third-order valence-electron chi connectivity index (χ3n) is 8.70. The molecule has 1 atom stereocenters. The molecule has 6 rings (SSSR count). The molecule has 3 aromatic rings. The molecule has 3 aliphatic rings. The van der Waals surface area contributed by atoms with E-state index in [9.17, 15) is 4.79 Å². The lowest BCUT2D eigenvalue weighted by molar-refractivity contribution is -0.115. The highest BCUT2D eigenvalue weighted by atomic mass is 32.2. The van der Waals surface area contributed by atoms with Crippen molar-refractivity contribution in [1.29, 1.82) is 0 Å². The topological polar surface area (TPSA) is 70.1 Å². The molecule has 1 fully saturated rings. The van der Waals surface area contributed by atoms with E-state index in [1.165, 1.54) is 36.2 Å². The molecule has 0 bridgehead atoms. The third-order valence-corrected chi connectivity index (χ3v) is 10.1. The molecule has 7 heteroatoms. The van der Waals surface area contributed by atoms with Gasteiger partial charge in [0.1, 0.15) is 0 Å². The van der Waals surface area contributed by atoms with Crippen LogP contribution in [0.2, 0.25) is 0 Å². The van der Waals surface area contributed by atoms with E-state index in [2.05, 4.69) is 58.3 Å². The molecule has 2 N–H and O–H groups in total. The molecule has 1 unspecified atom stereocenters. The van der Waals surface area contributed by atoms with Gasteiger partial charge in [0.25, 0.3) is 0 Å². The van der Waals surface area contributed by atoms with E-state index in [0.29, 0.717) is 5.95 Å². The average molecular weight is 566 g/mol. The van der Waals surface area contributed by atoms with Crippen LogP contribution < -0.4 is 10.6 Å². The highest BCUT2D eigenvalue weighted by Gasteiger charge is 2.31. The van der Waals surface area contributed by atoms with Crippen LogP contribution in [0.1, 0.15) is 63.0 Å².